The first kappa shape index (κ1) is 18.9. The Hall–Kier alpha value is -1.10. The van der Waals surface area contributed by atoms with Crippen molar-refractivity contribution in [3.05, 3.63) is 0 Å². The van der Waals surface area contributed by atoms with Gasteiger partial charge in [0.05, 0.1) is 27.2 Å². The minimum Gasteiger partial charge on any atom is -0.477 e. The number of carboxylic acids is 1. The van der Waals surface area contributed by atoms with Gasteiger partial charge in [-0.05, 0) is 12.8 Å². The van der Waals surface area contributed by atoms with Gasteiger partial charge in [-0.2, -0.15) is 0 Å². The van der Waals surface area contributed by atoms with Crippen LogP contribution in [-0.2, 0) is 9.59 Å². The largest absolute Gasteiger partial charge is 0.477 e. The highest BCUT2D eigenvalue weighted by Gasteiger charge is 2.39. The average Bonchev–Trinajstić information content (AvgIpc) is 2.31. The van der Waals surface area contributed by atoms with E-state index in [4.69, 9.17) is 0 Å². The summed E-state index contributed by atoms with van der Waals surface area (Å²) in [5.74, 6) is -0.900. The Morgan fingerprint density at radius 3 is 2.10 bits per heavy atom. The van der Waals surface area contributed by atoms with Gasteiger partial charge in [0.15, 0.2) is 0 Å². The van der Waals surface area contributed by atoms with Gasteiger partial charge in [-0.1, -0.05) is 33.1 Å². The standard InChI is InChI=1S/C15H30N2O3/c1-6-8-9-10-11-13(18)16-12(7-2)14(15(19)20)17(3,4)5/h12,14H,6-11H2,1-5H3,(H-,16,18,19,20)/p+1. The molecule has 0 aliphatic rings. The highest BCUT2D eigenvalue weighted by atomic mass is 16.4. The molecule has 1 amide bonds. The van der Waals surface area contributed by atoms with Crippen LogP contribution in [0.3, 0.4) is 0 Å². The van der Waals surface area contributed by atoms with Crippen LogP contribution in [-0.4, -0.2) is 54.7 Å². The molecule has 0 rings (SSSR count). The fraction of sp³-hybridized carbons (Fsp3) is 0.867. The molecular formula is C15H31N2O3+. The summed E-state index contributed by atoms with van der Waals surface area (Å²) in [5.41, 5.74) is 0. The van der Waals surface area contributed by atoms with Gasteiger partial charge >= 0.3 is 5.97 Å². The molecule has 2 atom stereocenters. The van der Waals surface area contributed by atoms with Crippen LogP contribution in [0.25, 0.3) is 0 Å². The van der Waals surface area contributed by atoms with Gasteiger partial charge < -0.3 is 14.9 Å². The zero-order chi connectivity index (χ0) is 15.8. The van der Waals surface area contributed by atoms with Gasteiger partial charge in [-0.3, -0.25) is 4.79 Å². The van der Waals surface area contributed by atoms with E-state index in [9.17, 15) is 14.7 Å². The van der Waals surface area contributed by atoms with Crippen molar-refractivity contribution >= 4 is 11.9 Å². The van der Waals surface area contributed by atoms with Gasteiger partial charge in [0.1, 0.15) is 0 Å². The van der Waals surface area contributed by atoms with E-state index in [1.54, 1.807) is 0 Å². The summed E-state index contributed by atoms with van der Waals surface area (Å²) >= 11 is 0. The maximum atomic E-state index is 11.9. The summed E-state index contributed by atoms with van der Waals surface area (Å²) in [6, 6.07) is -0.953. The summed E-state index contributed by atoms with van der Waals surface area (Å²) in [7, 11) is 5.53. The lowest BCUT2D eigenvalue weighted by molar-refractivity contribution is -0.888. The van der Waals surface area contributed by atoms with Crippen molar-refractivity contribution in [2.24, 2.45) is 0 Å². The number of carbonyl (C=O) groups is 2. The average molecular weight is 287 g/mol. The molecule has 5 heteroatoms. The zero-order valence-electron chi connectivity index (χ0n) is 13.6. The Morgan fingerprint density at radius 1 is 1.10 bits per heavy atom. The van der Waals surface area contributed by atoms with E-state index in [1.165, 1.54) is 0 Å². The van der Waals surface area contributed by atoms with Crippen molar-refractivity contribution in [3.63, 3.8) is 0 Å². The van der Waals surface area contributed by atoms with E-state index in [0.717, 1.165) is 25.7 Å². The van der Waals surface area contributed by atoms with Crippen molar-refractivity contribution in [1.29, 1.82) is 0 Å². The number of aliphatic carboxylic acids is 1. The van der Waals surface area contributed by atoms with Crippen LogP contribution in [0.4, 0.5) is 0 Å². The normalized spacial score (nSPS) is 14.7. The molecule has 118 valence electrons. The van der Waals surface area contributed by atoms with Crippen molar-refractivity contribution in [1.82, 2.24) is 5.32 Å². The minimum absolute atomic E-state index is 0.0346. The van der Waals surface area contributed by atoms with Crippen LogP contribution >= 0.6 is 0 Å². The first-order valence-electron chi connectivity index (χ1n) is 7.57. The lowest BCUT2D eigenvalue weighted by Crippen LogP contribution is -2.60. The van der Waals surface area contributed by atoms with Crippen LogP contribution in [0.2, 0.25) is 0 Å². The number of carboxylic acid groups (broad SMARTS) is 1. The number of hydrogen-bond acceptors (Lipinski definition) is 2. The topological polar surface area (TPSA) is 66.4 Å². The van der Waals surface area contributed by atoms with E-state index in [2.05, 4.69) is 12.2 Å². The molecule has 2 unspecified atom stereocenters. The van der Waals surface area contributed by atoms with E-state index in [1.807, 2.05) is 28.1 Å². The molecule has 0 aromatic rings. The molecule has 0 aromatic carbocycles. The van der Waals surface area contributed by atoms with Crippen LogP contribution in [0, 0.1) is 0 Å². The van der Waals surface area contributed by atoms with Crippen molar-refractivity contribution < 1.29 is 19.2 Å². The van der Waals surface area contributed by atoms with Gasteiger partial charge in [0.2, 0.25) is 11.9 Å². The lowest BCUT2D eigenvalue weighted by atomic mass is 10.0. The third-order valence-electron chi connectivity index (χ3n) is 3.51. The highest BCUT2D eigenvalue weighted by Crippen LogP contribution is 2.12. The molecule has 20 heavy (non-hydrogen) atoms. The van der Waals surface area contributed by atoms with Crippen molar-refractivity contribution in [3.8, 4) is 0 Å². The second-order valence-electron chi connectivity index (χ2n) is 6.29. The van der Waals surface area contributed by atoms with Crippen molar-refractivity contribution in [2.45, 2.75) is 64.5 Å². The summed E-state index contributed by atoms with van der Waals surface area (Å²) in [6.07, 6.45) is 5.31. The minimum atomic E-state index is -0.865. The Kier molecular flexibility index (Phi) is 8.46. The second kappa shape index (κ2) is 8.95. The summed E-state index contributed by atoms with van der Waals surface area (Å²) in [5, 5.41) is 12.3. The van der Waals surface area contributed by atoms with Gasteiger partial charge in [0, 0.05) is 6.42 Å². The Bertz CT molecular complexity index is 311. The summed E-state index contributed by atoms with van der Waals surface area (Å²) in [4.78, 5) is 23.4. The number of nitrogens with zero attached hydrogens (tertiary/aromatic N) is 1. The third kappa shape index (κ3) is 6.89. The van der Waals surface area contributed by atoms with Gasteiger partial charge in [-0.25, -0.2) is 4.79 Å². The van der Waals surface area contributed by atoms with Crippen LogP contribution < -0.4 is 5.32 Å². The predicted octanol–water partition coefficient (Wildman–Crippen LogP) is 2.01. The number of carbonyl (C=O) groups excluding carboxylic acids is 1. The SMILES string of the molecule is CCCCCCC(=O)NC(CC)C(C(=O)O)[N+](C)(C)C. The van der Waals surface area contributed by atoms with E-state index in [0.29, 0.717) is 17.3 Å². The van der Waals surface area contributed by atoms with Crippen LogP contribution in [0.1, 0.15) is 52.4 Å². The fourth-order valence-electron chi connectivity index (χ4n) is 2.44. The molecule has 0 aromatic heterocycles. The molecule has 2 N–H and O–H groups in total. The van der Waals surface area contributed by atoms with Gasteiger partial charge in [-0.15, -0.1) is 0 Å². The fourth-order valence-corrected chi connectivity index (χ4v) is 2.44. The molecule has 0 heterocycles. The van der Waals surface area contributed by atoms with Crippen LogP contribution in [0.15, 0.2) is 0 Å². The second-order valence-corrected chi connectivity index (χ2v) is 6.29. The predicted molar refractivity (Wildman–Crippen MR) is 80.4 cm³/mol. The number of rotatable bonds is 10. The maximum absolute atomic E-state index is 11.9. The lowest BCUT2D eigenvalue weighted by Gasteiger charge is -2.36. The van der Waals surface area contributed by atoms with E-state index in [-0.39, 0.29) is 11.9 Å². The van der Waals surface area contributed by atoms with E-state index >= 15 is 0 Å². The zero-order valence-corrected chi connectivity index (χ0v) is 13.6. The Balaban J connectivity index is 4.51. The molecule has 5 nitrogen and oxygen atoms in total. The van der Waals surface area contributed by atoms with E-state index < -0.39 is 12.0 Å². The number of unbranched alkanes of at least 4 members (excludes halogenated alkanes) is 3. The molecule has 0 aliphatic heterocycles. The molecular weight excluding hydrogens is 256 g/mol. The first-order chi connectivity index (χ1) is 9.23. The summed E-state index contributed by atoms with van der Waals surface area (Å²) in [6.45, 7) is 4.04. The number of nitrogens with one attached hydrogen (secondary N) is 1. The first-order valence-corrected chi connectivity index (χ1v) is 7.57. The van der Waals surface area contributed by atoms with Crippen molar-refractivity contribution in [2.75, 3.05) is 21.1 Å². The Morgan fingerprint density at radius 2 is 1.70 bits per heavy atom. The number of hydrogen-bond donors (Lipinski definition) is 2. The molecule has 0 radical (unpaired) electrons. The number of amides is 1. The molecule has 0 saturated carbocycles. The third-order valence-corrected chi connectivity index (χ3v) is 3.51. The summed E-state index contributed by atoms with van der Waals surface area (Å²) < 4.78 is 0.296. The molecule has 0 fully saturated rings. The number of likely N-dealkylation sites (N-methyl/N-ethyl adjacent to an activating group) is 1. The Labute approximate surface area is 122 Å². The molecule has 0 aliphatic carbocycles. The highest BCUT2D eigenvalue weighted by molar-refractivity contribution is 5.78. The molecule has 0 spiro atoms. The molecule has 0 bridgehead atoms. The van der Waals surface area contributed by atoms with Gasteiger partial charge in [0.25, 0.3) is 0 Å². The number of quaternary nitrogens is 1. The monoisotopic (exact) mass is 287 g/mol. The maximum Gasteiger partial charge on any atom is 0.364 e. The smallest absolute Gasteiger partial charge is 0.364 e. The van der Waals surface area contributed by atoms with Crippen LogP contribution in [0.5, 0.6) is 0 Å². The quantitative estimate of drug-likeness (QED) is 0.477. The molecule has 0 saturated heterocycles.